The average Bonchev–Trinajstić information content (AvgIpc) is 2.93. The van der Waals surface area contributed by atoms with Crippen molar-refractivity contribution in [3.05, 3.63) is 98.9 Å². The van der Waals surface area contributed by atoms with E-state index in [1.54, 1.807) is 29.0 Å². The second-order valence-corrected chi connectivity index (χ2v) is 9.19. The van der Waals surface area contributed by atoms with Crippen LogP contribution in [0.15, 0.2) is 70.3 Å². The smallest absolute Gasteiger partial charge is 0.297 e. The highest BCUT2D eigenvalue weighted by Crippen LogP contribution is 2.22. The molecule has 0 aliphatic carbocycles. The molecule has 9 heteroatoms. The van der Waals surface area contributed by atoms with Crippen LogP contribution < -0.4 is 15.6 Å². The van der Waals surface area contributed by atoms with Crippen molar-refractivity contribution in [2.75, 3.05) is 0 Å². The minimum Gasteiger partial charge on any atom is -0.431 e. The highest BCUT2D eigenvalue weighted by Gasteiger charge is 2.18. The van der Waals surface area contributed by atoms with Crippen molar-refractivity contribution in [1.29, 1.82) is 0 Å². The molecule has 204 valence electrons. The fraction of sp³-hybridized carbons (Fsp3) is 0.300. The normalized spacial score (nSPS) is 12.4. The summed E-state index contributed by atoms with van der Waals surface area (Å²) >= 11 is 0. The standard InChI is InChI=1S/C30H35N5O4/c1-6-10-26-33-25(7-2)28(39-27-17-20(3)15-16-31-27)30(37)35(26)18-21(4)13-14-22(5)23-11-8-9-12-24(23)29(34-38)32-19-36/h8-9,11-17,19,38H,6-7,10,18H2,1-5H3,(H,32,34,36)/b21-13+,22-14+. The van der Waals surface area contributed by atoms with Gasteiger partial charge in [-0.05, 0) is 56.4 Å². The monoisotopic (exact) mass is 529 g/mol. The van der Waals surface area contributed by atoms with Crippen LogP contribution in [-0.2, 0) is 24.2 Å². The summed E-state index contributed by atoms with van der Waals surface area (Å²) in [5.74, 6) is 1.33. The summed E-state index contributed by atoms with van der Waals surface area (Å²) in [6, 6.07) is 11.0. The van der Waals surface area contributed by atoms with Gasteiger partial charge in [0.2, 0.25) is 18.0 Å². The molecule has 39 heavy (non-hydrogen) atoms. The zero-order valence-corrected chi connectivity index (χ0v) is 23.1. The summed E-state index contributed by atoms with van der Waals surface area (Å²) in [4.78, 5) is 33.7. The number of rotatable bonds is 11. The number of aromatic nitrogens is 3. The Kier molecular flexibility index (Phi) is 10.3. The quantitative estimate of drug-likeness (QED) is 0.0882. The van der Waals surface area contributed by atoms with Crippen LogP contribution in [0.2, 0.25) is 0 Å². The van der Waals surface area contributed by atoms with E-state index < -0.39 is 0 Å². The van der Waals surface area contributed by atoms with E-state index in [0.717, 1.165) is 28.7 Å². The first-order chi connectivity index (χ1) is 18.8. The number of carbonyl (C=O) groups excluding carboxylic acids is 1. The van der Waals surface area contributed by atoms with E-state index >= 15 is 0 Å². The maximum absolute atomic E-state index is 13.7. The number of pyridine rings is 1. The Bertz CT molecular complexity index is 1470. The lowest BCUT2D eigenvalue weighted by atomic mass is 9.99. The fourth-order valence-corrected chi connectivity index (χ4v) is 4.13. The zero-order chi connectivity index (χ0) is 28.4. The molecule has 0 fully saturated rings. The molecule has 3 aromatic rings. The van der Waals surface area contributed by atoms with Crippen LogP contribution in [0.3, 0.4) is 0 Å². The zero-order valence-electron chi connectivity index (χ0n) is 23.1. The third-order valence-corrected chi connectivity index (χ3v) is 6.11. The molecule has 0 aliphatic heterocycles. The minimum absolute atomic E-state index is 0.0579. The van der Waals surface area contributed by atoms with E-state index in [9.17, 15) is 14.8 Å². The van der Waals surface area contributed by atoms with Gasteiger partial charge in [-0.15, -0.1) is 0 Å². The molecule has 0 atom stereocenters. The second kappa shape index (κ2) is 13.9. The van der Waals surface area contributed by atoms with Crippen LogP contribution in [0.5, 0.6) is 11.6 Å². The molecule has 0 saturated carbocycles. The molecule has 2 N–H and O–H groups in total. The first kappa shape index (κ1) is 29.0. The number of aryl methyl sites for hydroxylation is 3. The van der Waals surface area contributed by atoms with E-state index in [-0.39, 0.29) is 17.1 Å². The van der Waals surface area contributed by atoms with E-state index in [4.69, 9.17) is 9.72 Å². The van der Waals surface area contributed by atoms with Crippen molar-refractivity contribution in [3.63, 3.8) is 0 Å². The van der Waals surface area contributed by atoms with Gasteiger partial charge >= 0.3 is 0 Å². The molecule has 1 aromatic carbocycles. The van der Waals surface area contributed by atoms with Crippen molar-refractivity contribution in [2.45, 2.75) is 60.4 Å². The molecular formula is C30H35N5O4. The lowest BCUT2D eigenvalue weighted by molar-refractivity contribution is -0.108. The minimum atomic E-state index is -0.240. The Morgan fingerprint density at radius 1 is 1.15 bits per heavy atom. The van der Waals surface area contributed by atoms with Gasteiger partial charge < -0.3 is 15.3 Å². The van der Waals surface area contributed by atoms with Crippen molar-refractivity contribution in [1.82, 2.24) is 19.9 Å². The first-order valence-electron chi connectivity index (χ1n) is 12.9. The van der Waals surface area contributed by atoms with Crippen LogP contribution in [0.1, 0.15) is 62.3 Å². The van der Waals surface area contributed by atoms with Gasteiger partial charge in [-0.25, -0.2) is 9.97 Å². The number of nitrogens with zero attached hydrogens (tertiary/aromatic N) is 4. The highest BCUT2D eigenvalue weighted by atomic mass is 16.5. The third-order valence-electron chi connectivity index (χ3n) is 6.11. The summed E-state index contributed by atoms with van der Waals surface area (Å²) in [7, 11) is 0. The van der Waals surface area contributed by atoms with E-state index in [1.165, 1.54) is 0 Å². The number of oxime groups is 1. The fourth-order valence-electron chi connectivity index (χ4n) is 4.13. The molecule has 2 heterocycles. The summed E-state index contributed by atoms with van der Waals surface area (Å²) in [6.07, 6.45) is 8.04. The van der Waals surface area contributed by atoms with Gasteiger partial charge in [-0.1, -0.05) is 61.0 Å². The van der Waals surface area contributed by atoms with Crippen molar-refractivity contribution < 1.29 is 14.7 Å². The number of amidine groups is 1. The summed E-state index contributed by atoms with van der Waals surface area (Å²) in [5.41, 5.74) is 4.55. The Morgan fingerprint density at radius 2 is 1.90 bits per heavy atom. The highest BCUT2D eigenvalue weighted by molar-refractivity contribution is 6.06. The molecule has 3 rings (SSSR count). The van der Waals surface area contributed by atoms with Crippen molar-refractivity contribution >= 4 is 17.8 Å². The molecule has 0 unspecified atom stereocenters. The van der Waals surface area contributed by atoms with Crippen molar-refractivity contribution in [3.8, 4) is 11.6 Å². The molecule has 0 spiro atoms. The van der Waals surface area contributed by atoms with Crippen LogP contribution in [-0.4, -0.2) is 32.0 Å². The molecular weight excluding hydrogens is 494 g/mol. The molecule has 0 bridgehead atoms. The largest absolute Gasteiger partial charge is 0.431 e. The summed E-state index contributed by atoms with van der Waals surface area (Å²) in [5, 5.41) is 15.0. The first-order valence-corrected chi connectivity index (χ1v) is 12.9. The van der Waals surface area contributed by atoms with Gasteiger partial charge in [0.05, 0.1) is 5.69 Å². The van der Waals surface area contributed by atoms with Gasteiger partial charge in [0.1, 0.15) is 5.82 Å². The van der Waals surface area contributed by atoms with E-state index in [1.807, 2.05) is 58.0 Å². The second-order valence-electron chi connectivity index (χ2n) is 9.19. The topological polar surface area (TPSA) is 119 Å². The number of amides is 1. The van der Waals surface area contributed by atoms with Gasteiger partial charge in [0.15, 0.2) is 5.84 Å². The number of ether oxygens (including phenoxy) is 1. The molecule has 0 aliphatic rings. The van der Waals surface area contributed by atoms with Gasteiger partial charge in [0.25, 0.3) is 5.56 Å². The molecule has 1 amide bonds. The summed E-state index contributed by atoms with van der Waals surface area (Å²) in [6.45, 7) is 10.2. The molecule has 0 radical (unpaired) electrons. The van der Waals surface area contributed by atoms with Crippen LogP contribution in [0.25, 0.3) is 5.57 Å². The number of carbonyl (C=O) groups is 1. The van der Waals surface area contributed by atoms with Crippen LogP contribution >= 0.6 is 0 Å². The van der Waals surface area contributed by atoms with E-state index in [0.29, 0.717) is 48.8 Å². The van der Waals surface area contributed by atoms with Crippen LogP contribution in [0, 0.1) is 6.92 Å². The van der Waals surface area contributed by atoms with Gasteiger partial charge in [-0.2, -0.15) is 0 Å². The lowest BCUT2D eigenvalue weighted by Crippen LogP contribution is -2.28. The number of nitrogens with one attached hydrogen (secondary N) is 1. The lowest BCUT2D eigenvalue weighted by Gasteiger charge is -2.17. The Labute approximate surface area is 228 Å². The van der Waals surface area contributed by atoms with Crippen LogP contribution in [0.4, 0.5) is 0 Å². The maximum atomic E-state index is 13.7. The summed E-state index contributed by atoms with van der Waals surface area (Å²) < 4.78 is 7.66. The Hall–Kier alpha value is -4.53. The third kappa shape index (κ3) is 7.28. The van der Waals surface area contributed by atoms with Crippen molar-refractivity contribution in [2.24, 2.45) is 5.16 Å². The number of allylic oxidation sites excluding steroid dienone is 4. The maximum Gasteiger partial charge on any atom is 0.297 e. The molecule has 9 nitrogen and oxygen atoms in total. The average molecular weight is 530 g/mol. The SMILES string of the molecule is CCCc1nc(CC)c(Oc2cc(C)ccn2)c(=O)n1C/C(C)=C/C=C(\C)c1ccccc1/C(=N/O)NC=O. The Morgan fingerprint density at radius 3 is 2.54 bits per heavy atom. The predicted molar refractivity (Wildman–Crippen MR) is 152 cm³/mol. The molecule has 0 saturated heterocycles. The number of benzene rings is 1. The van der Waals surface area contributed by atoms with Gasteiger partial charge in [-0.3, -0.25) is 14.2 Å². The number of hydrogen-bond acceptors (Lipinski definition) is 7. The Balaban J connectivity index is 1.99. The van der Waals surface area contributed by atoms with E-state index in [2.05, 4.69) is 22.4 Å². The molecule has 2 aromatic heterocycles. The predicted octanol–water partition coefficient (Wildman–Crippen LogP) is 5.19. The number of hydrogen-bond donors (Lipinski definition) is 2. The van der Waals surface area contributed by atoms with Gasteiger partial charge in [0, 0.05) is 30.8 Å².